The second-order valence-electron chi connectivity index (χ2n) is 6.05. The number of aromatic nitrogens is 2. The first-order valence-electron chi connectivity index (χ1n) is 8.31. The standard InChI is InChI=1S/C19H21N3O2S/c1-4-15(19-20-12(2)13(3)25-19)21-18(24)11-22-10-9-17(23)14-7-5-6-8-16(14)22/h5-10,15H,4,11H2,1-3H3,(H,21,24)/t15-/m0/s1. The number of carbonyl (C=O) groups is 1. The van der Waals surface area contributed by atoms with Gasteiger partial charge in [0.2, 0.25) is 5.91 Å². The Morgan fingerprint density at radius 2 is 2.04 bits per heavy atom. The van der Waals surface area contributed by atoms with Gasteiger partial charge in [-0.1, -0.05) is 19.1 Å². The zero-order chi connectivity index (χ0) is 18.0. The normalized spacial score (nSPS) is 12.3. The number of pyridine rings is 1. The highest BCUT2D eigenvalue weighted by molar-refractivity contribution is 7.11. The third-order valence-electron chi connectivity index (χ3n) is 4.29. The smallest absolute Gasteiger partial charge is 0.240 e. The van der Waals surface area contributed by atoms with Crippen LogP contribution in [0, 0.1) is 13.8 Å². The average molecular weight is 355 g/mol. The fraction of sp³-hybridized carbons (Fsp3) is 0.316. The topological polar surface area (TPSA) is 64.0 Å². The molecule has 0 fully saturated rings. The van der Waals surface area contributed by atoms with Gasteiger partial charge in [-0.15, -0.1) is 11.3 Å². The number of benzene rings is 1. The van der Waals surface area contributed by atoms with Gasteiger partial charge >= 0.3 is 0 Å². The summed E-state index contributed by atoms with van der Waals surface area (Å²) >= 11 is 1.63. The van der Waals surface area contributed by atoms with E-state index < -0.39 is 0 Å². The highest BCUT2D eigenvalue weighted by atomic mass is 32.1. The Morgan fingerprint density at radius 3 is 2.72 bits per heavy atom. The molecule has 0 saturated carbocycles. The fourth-order valence-electron chi connectivity index (χ4n) is 2.78. The molecule has 0 bridgehead atoms. The number of aryl methyl sites for hydroxylation is 2. The maximum atomic E-state index is 12.5. The molecule has 6 heteroatoms. The molecular weight excluding hydrogens is 334 g/mol. The Hall–Kier alpha value is -2.47. The summed E-state index contributed by atoms with van der Waals surface area (Å²) < 4.78 is 1.80. The molecule has 0 unspecified atom stereocenters. The minimum atomic E-state index is -0.0915. The summed E-state index contributed by atoms with van der Waals surface area (Å²) in [4.78, 5) is 30.2. The first-order chi connectivity index (χ1) is 12.0. The van der Waals surface area contributed by atoms with E-state index in [2.05, 4.69) is 10.3 Å². The number of nitrogens with one attached hydrogen (secondary N) is 1. The van der Waals surface area contributed by atoms with E-state index in [1.165, 1.54) is 10.9 Å². The lowest BCUT2D eigenvalue weighted by molar-refractivity contribution is -0.122. The monoisotopic (exact) mass is 355 g/mol. The van der Waals surface area contributed by atoms with E-state index in [1.807, 2.05) is 39.0 Å². The van der Waals surface area contributed by atoms with Crippen molar-refractivity contribution in [1.29, 1.82) is 0 Å². The second-order valence-corrected chi connectivity index (χ2v) is 7.28. The summed E-state index contributed by atoms with van der Waals surface area (Å²) in [5.74, 6) is -0.0915. The molecule has 2 heterocycles. The number of hydrogen-bond acceptors (Lipinski definition) is 4. The molecule has 1 aromatic carbocycles. The first kappa shape index (κ1) is 17.4. The van der Waals surface area contributed by atoms with E-state index in [0.717, 1.165) is 22.6 Å². The van der Waals surface area contributed by atoms with Gasteiger partial charge < -0.3 is 9.88 Å². The Labute approximate surface area is 150 Å². The zero-order valence-corrected chi connectivity index (χ0v) is 15.4. The van der Waals surface area contributed by atoms with Gasteiger partial charge in [-0.3, -0.25) is 9.59 Å². The molecule has 130 valence electrons. The van der Waals surface area contributed by atoms with Crippen molar-refractivity contribution in [2.45, 2.75) is 39.8 Å². The molecule has 1 amide bonds. The Balaban J connectivity index is 1.80. The van der Waals surface area contributed by atoms with Gasteiger partial charge in [0, 0.05) is 22.5 Å². The molecule has 1 N–H and O–H groups in total. The SMILES string of the molecule is CC[C@H](NC(=O)Cn1ccc(=O)c2ccccc21)c1nc(C)c(C)s1. The first-order valence-corrected chi connectivity index (χ1v) is 9.12. The van der Waals surface area contributed by atoms with Crippen molar-refractivity contribution < 1.29 is 4.79 Å². The van der Waals surface area contributed by atoms with Crippen LogP contribution in [0.1, 0.15) is 35.0 Å². The lowest BCUT2D eigenvalue weighted by atomic mass is 10.2. The van der Waals surface area contributed by atoms with E-state index in [0.29, 0.717) is 5.39 Å². The van der Waals surface area contributed by atoms with Crippen molar-refractivity contribution in [3.8, 4) is 0 Å². The quantitative estimate of drug-likeness (QED) is 0.763. The van der Waals surface area contributed by atoms with E-state index in [4.69, 9.17) is 0 Å². The predicted molar refractivity (Wildman–Crippen MR) is 101 cm³/mol. The van der Waals surface area contributed by atoms with Crippen molar-refractivity contribution in [3.05, 3.63) is 62.3 Å². The Kier molecular flexibility index (Phi) is 4.99. The largest absolute Gasteiger partial charge is 0.345 e. The molecular formula is C19H21N3O2S. The predicted octanol–water partition coefficient (Wildman–Crippen LogP) is 3.34. The van der Waals surface area contributed by atoms with Gasteiger partial charge in [0.25, 0.3) is 0 Å². The van der Waals surface area contributed by atoms with Gasteiger partial charge in [-0.25, -0.2) is 4.98 Å². The van der Waals surface area contributed by atoms with Crippen LogP contribution in [-0.2, 0) is 11.3 Å². The van der Waals surface area contributed by atoms with Crippen LogP contribution >= 0.6 is 11.3 Å². The van der Waals surface area contributed by atoms with Crippen LogP contribution < -0.4 is 10.7 Å². The van der Waals surface area contributed by atoms with Gasteiger partial charge in [-0.05, 0) is 32.4 Å². The number of para-hydroxylation sites is 1. The Morgan fingerprint density at radius 1 is 1.28 bits per heavy atom. The van der Waals surface area contributed by atoms with Crippen molar-refractivity contribution >= 4 is 28.1 Å². The Bertz CT molecular complexity index is 955. The van der Waals surface area contributed by atoms with Crippen LogP contribution in [0.3, 0.4) is 0 Å². The van der Waals surface area contributed by atoms with Crippen LogP contribution in [0.25, 0.3) is 10.9 Å². The summed E-state index contributed by atoms with van der Waals surface area (Å²) in [5.41, 5.74) is 1.74. The molecule has 2 aromatic heterocycles. The van der Waals surface area contributed by atoms with Crippen molar-refractivity contribution in [1.82, 2.24) is 14.9 Å². The molecule has 0 saturated heterocycles. The van der Waals surface area contributed by atoms with Crippen LogP contribution in [0.15, 0.2) is 41.3 Å². The van der Waals surface area contributed by atoms with Gasteiger partial charge in [0.05, 0.1) is 17.3 Å². The number of rotatable bonds is 5. The number of nitrogens with zero attached hydrogens (tertiary/aromatic N) is 2. The third kappa shape index (κ3) is 3.64. The van der Waals surface area contributed by atoms with E-state index in [1.54, 1.807) is 28.2 Å². The molecule has 0 aliphatic rings. The minimum Gasteiger partial charge on any atom is -0.345 e. The van der Waals surface area contributed by atoms with Crippen LogP contribution in [0.4, 0.5) is 0 Å². The molecule has 3 aromatic rings. The molecule has 0 aliphatic heterocycles. The summed E-state index contributed by atoms with van der Waals surface area (Å²) in [5, 5.41) is 4.62. The van der Waals surface area contributed by atoms with Crippen LogP contribution in [0.2, 0.25) is 0 Å². The van der Waals surface area contributed by atoms with E-state index in [-0.39, 0.29) is 23.9 Å². The summed E-state index contributed by atoms with van der Waals surface area (Å²) in [6, 6.07) is 8.74. The molecule has 0 radical (unpaired) electrons. The number of carbonyl (C=O) groups excluding carboxylic acids is 1. The summed E-state index contributed by atoms with van der Waals surface area (Å²) in [6.45, 7) is 6.22. The number of amides is 1. The fourth-order valence-corrected chi connectivity index (χ4v) is 3.84. The highest BCUT2D eigenvalue weighted by Crippen LogP contribution is 2.24. The zero-order valence-electron chi connectivity index (χ0n) is 14.6. The van der Waals surface area contributed by atoms with Crippen LogP contribution in [0.5, 0.6) is 0 Å². The lowest BCUT2D eigenvalue weighted by Gasteiger charge is -2.16. The van der Waals surface area contributed by atoms with E-state index >= 15 is 0 Å². The maximum Gasteiger partial charge on any atom is 0.240 e. The van der Waals surface area contributed by atoms with Crippen molar-refractivity contribution in [3.63, 3.8) is 0 Å². The lowest BCUT2D eigenvalue weighted by Crippen LogP contribution is -2.31. The summed E-state index contributed by atoms with van der Waals surface area (Å²) in [7, 11) is 0. The van der Waals surface area contributed by atoms with Gasteiger partial charge in [-0.2, -0.15) is 0 Å². The molecule has 5 nitrogen and oxygen atoms in total. The number of hydrogen-bond donors (Lipinski definition) is 1. The molecule has 25 heavy (non-hydrogen) atoms. The average Bonchev–Trinajstić information content (AvgIpc) is 2.94. The van der Waals surface area contributed by atoms with Crippen molar-refractivity contribution in [2.24, 2.45) is 0 Å². The molecule has 3 rings (SSSR count). The minimum absolute atomic E-state index is 0.0348. The molecule has 0 aliphatic carbocycles. The van der Waals surface area contributed by atoms with Crippen molar-refractivity contribution in [2.75, 3.05) is 0 Å². The molecule has 0 spiro atoms. The third-order valence-corrected chi connectivity index (χ3v) is 5.47. The van der Waals surface area contributed by atoms with E-state index in [9.17, 15) is 9.59 Å². The van der Waals surface area contributed by atoms with Gasteiger partial charge in [0.15, 0.2) is 5.43 Å². The number of fused-ring (bicyclic) bond motifs is 1. The van der Waals surface area contributed by atoms with Gasteiger partial charge in [0.1, 0.15) is 11.6 Å². The van der Waals surface area contributed by atoms with Crippen LogP contribution in [-0.4, -0.2) is 15.5 Å². The maximum absolute atomic E-state index is 12.5. The second kappa shape index (κ2) is 7.19. The molecule has 1 atom stereocenters. The summed E-state index contributed by atoms with van der Waals surface area (Å²) in [6.07, 6.45) is 2.45. The number of thiazole rings is 1. The highest BCUT2D eigenvalue weighted by Gasteiger charge is 2.17.